The molecular weight excluding hydrogens is 418 g/mol. The molecule has 6 nitrogen and oxygen atoms in total. The fourth-order valence-electron chi connectivity index (χ4n) is 2.75. The molecule has 0 aliphatic heterocycles. The van der Waals surface area contributed by atoms with Crippen LogP contribution in [0.1, 0.15) is 27.3 Å². The summed E-state index contributed by atoms with van der Waals surface area (Å²) in [4.78, 5) is 17.2. The summed E-state index contributed by atoms with van der Waals surface area (Å²) in [5, 5.41) is 10.5. The Morgan fingerprint density at radius 1 is 1.11 bits per heavy atom. The molecule has 0 atom stereocenters. The lowest BCUT2D eigenvalue weighted by Gasteiger charge is -2.12. The number of hydrogen-bond acceptors (Lipinski definition) is 3. The van der Waals surface area contributed by atoms with Gasteiger partial charge < -0.3 is 5.32 Å². The molecular formula is C21H22BrN5O. The smallest absolute Gasteiger partial charge is 0.257 e. The number of nitrogens with one attached hydrogen (secondary N) is 2. The number of carbonyl (C=O) groups is 1. The van der Waals surface area contributed by atoms with Crippen LogP contribution < -0.4 is 10.6 Å². The molecule has 0 fully saturated rings. The first kappa shape index (κ1) is 19.8. The summed E-state index contributed by atoms with van der Waals surface area (Å²) in [7, 11) is 1.91. The Balaban J connectivity index is 1.84. The second kappa shape index (κ2) is 8.84. The lowest BCUT2D eigenvalue weighted by Crippen LogP contribution is -2.36. The molecule has 7 heteroatoms. The van der Waals surface area contributed by atoms with Gasteiger partial charge in [-0.25, -0.2) is 4.99 Å². The predicted molar refractivity (Wildman–Crippen MR) is 115 cm³/mol. The fourth-order valence-corrected chi connectivity index (χ4v) is 3.02. The summed E-state index contributed by atoms with van der Waals surface area (Å²) in [6, 6.07) is 16.7. The van der Waals surface area contributed by atoms with Crippen LogP contribution in [0.25, 0.3) is 0 Å². The third-order valence-electron chi connectivity index (χ3n) is 4.43. The van der Waals surface area contributed by atoms with Crippen molar-refractivity contribution in [1.29, 1.82) is 0 Å². The van der Waals surface area contributed by atoms with Gasteiger partial charge in [-0.3, -0.25) is 14.8 Å². The highest BCUT2D eigenvalue weighted by Crippen LogP contribution is 2.15. The minimum absolute atomic E-state index is 0.219. The van der Waals surface area contributed by atoms with E-state index in [9.17, 15) is 4.79 Å². The van der Waals surface area contributed by atoms with Crippen molar-refractivity contribution in [2.24, 2.45) is 12.0 Å². The normalized spacial score (nSPS) is 11.4. The lowest BCUT2D eigenvalue weighted by atomic mass is 10.2. The molecule has 1 amide bonds. The van der Waals surface area contributed by atoms with Crippen molar-refractivity contribution in [3.63, 3.8) is 0 Å². The number of aliphatic imine (C=N–C) groups is 1. The van der Waals surface area contributed by atoms with Crippen LogP contribution in [0, 0.1) is 13.8 Å². The summed E-state index contributed by atoms with van der Waals surface area (Å²) >= 11 is 3.43. The zero-order valence-corrected chi connectivity index (χ0v) is 17.6. The monoisotopic (exact) mass is 439 g/mol. The van der Waals surface area contributed by atoms with Crippen molar-refractivity contribution in [1.82, 2.24) is 15.1 Å². The number of amides is 1. The first-order chi connectivity index (χ1) is 13.4. The molecule has 2 N–H and O–H groups in total. The number of nitrogens with zero attached hydrogens (tertiary/aromatic N) is 3. The van der Waals surface area contributed by atoms with Gasteiger partial charge >= 0.3 is 0 Å². The van der Waals surface area contributed by atoms with Gasteiger partial charge in [-0.15, -0.1) is 0 Å². The molecule has 3 aromatic rings. The average Bonchev–Trinajstić information content (AvgIpc) is 2.94. The number of rotatable bonds is 4. The zero-order chi connectivity index (χ0) is 20.1. The van der Waals surface area contributed by atoms with Crippen molar-refractivity contribution in [3.8, 4) is 0 Å². The molecule has 1 heterocycles. The summed E-state index contributed by atoms with van der Waals surface area (Å²) in [5.41, 5.74) is 4.43. The maximum Gasteiger partial charge on any atom is 0.257 e. The number of aromatic nitrogens is 2. The van der Waals surface area contributed by atoms with E-state index in [4.69, 9.17) is 0 Å². The Bertz CT molecular complexity index is 994. The van der Waals surface area contributed by atoms with Gasteiger partial charge in [0.15, 0.2) is 0 Å². The number of benzene rings is 2. The standard InChI is InChI=1S/C21H22BrN5O/c1-14-19(15(2)27(3)26-14)13-23-21(24-18-11-9-17(22)10-12-18)25-20(28)16-7-5-4-6-8-16/h4-12H,13H2,1-3H3,(H2,23,24,25,28). The zero-order valence-electron chi connectivity index (χ0n) is 16.0. The van der Waals surface area contributed by atoms with Gasteiger partial charge in [-0.05, 0) is 50.2 Å². The number of guanidine groups is 1. The van der Waals surface area contributed by atoms with Crippen LogP contribution >= 0.6 is 15.9 Å². The minimum atomic E-state index is -0.219. The molecule has 0 radical (unpaired) electrons. The van der Waals surface area contributed by atoms with Gasteiger partial charge in [-0.2, -0.15) is 5.10 Å². The molecule has 2 aromatic carbocycles. The highest BCUT2D eigenvalue weighted by atomic mass is 79.9. The first-order valence-electron chi connectivity index (χ1n) is 8.86. The molecule has 0 saturated heterocycles. The largest absolute Gasteiger partial charge is 0.326 e. The van der Waals surface area contributed by atoms with E-state index in [1.54, 1.807) is 12.1 Å². The van der Waals surface area contributed by atoms with Crippen LogP contribution in [0.3, 0.4) is 0 Å². The highest BCUT2D eigenvalue weighted by molar-refractivity contribution is 9.10. The molecule has 0 aliphatic rings. The number of halogens is 1. The summed E-state index contributed by atoms with van der Waals surface area (Å²) in [6.07, 6.45) is 0. The van der Waals surface area contributed by atoms with E-state index in [1.807, 2.05) is 68.0 Å². The Morgan fingerprint density at radius 3 is 2.39 bits per heavy atom. The first-order valence-corrected chi connectivity index (χ1v) is 9.66. The quantitative estimate of drug-likeness (QED) is 0.472. The Labute approximate surface area is 172 Å². The predicted octanol–water partition coefficient (Wildman–Crippen LogP) is 4.20. The fraction of sp³-hybridized carbons (Fsp3) is 0.190. The van der Waals surface area contributed by atoms with Crippen LogP contribution in [0.5, 0.6) is 0 Å². The topological polar surface area (TPSA) is 71.3 Å². The van der Waals surface area contributed by atoms with Crippen LogP contribution in [-0.2, 0) is 13.6 Å². The number of aryl methyl sites for hydroxylation is 2. The third-order valence-corrected chi connectivity index (χ3v) is 4.96. The lowest BCUT2D eigenvalue weighted by molar-refractivity contribution is 0.0977. The molecule has 1 aromatic heterocycles. The van der Waals surface area contributed by atoms with Crippen molar-refractivity contribution < 1.29 is 4.79 Å². The molecule has 0 bridgehead atoms. The Kier molecular flexibility index (Phi) is 6.26. The second-order valence-electron chi connectivity index (χ2n) is 6.39. The highest BCUT2D eigenvalue weighted by Gasteiger charge is 2.12. The molecule has 0 spiro atoms. The van der Waals surface area contributed by atoms with E-state index >= 15 is 0 Å². The third kappa shape index (κ3) is 4.86. The van der Waals surface area contributed by atoms with Gasteiger partial charge in [0, 0.05) is 34.0 Å². The molecule has 0 aliphatic carbocycles. The van der Waals surface area contributed by atoms with Gasteiger partial charge in [0.2, 0.25) is 5.96 Å². The van der Waals surface area contributed by atoms with Gasteiger partial charge in [0.1, 0.15) is 0 Å². The minimum Gasteiger partial charge on any atom is -0.326 e. The SMILES string of the molecule is Cc1nn(C)c(C)c1CN=C(NC(=O)c1ccccc1)Nc1ccc(Br)cc1. The van der Waals surface area contributed by atoms with E-state index in [-0.39, 0.29) is 5.91 Å². The Hall–Kier alpha value is -2.93. The van der Waals surface area contributed by atoms with Gasteiger partial charge in [0.05, 0.1) is 12.2 Å². The summed E-state index contributed by atoms with van der Waals surface area (Å²) < 4.78 is 2.82. The van der Waals surface area contributed by atoms with E-state index in [0.29, 0.717) is 18.1 Å². The van der Waals surface area contributed by atoms with Crippen molar-refractivity contribution >= 4 is 33.5 Å². The van der Waals surface area contributed by atoms with E-state index in [0.717, 1.165) is 27.1 Å². The molecule has 28 heavy (non-hydrogen) atoms. The maximum absolute atomic E-state index is 12.6. The van der Waals surface area contributed by atoms with Crippen molar-refractivity contribution in [2.75, 3.05) is 5.32 Å². The molecule has 0 unspecified atom stereocenters. The van der Waals surface area contributed by atoms with Gasteiger partial charge in [0.25, 0.3) is 5.91 Å². The van der Waals surface area contributed by atoms with E-state index in [2.05, 4.69) is 36.7 Å². The van der Waals surface area contributed by atoms with Crippen molar-refractivity contribution in [2.45, 2.75) is 20.4 Å². The average molecular weight is 440 g/mol. The molecule has 0 saturated carbocycles. The summed E-state index contributed by atoms with van der Waals surface area (Å²) in [6.45, 7) is 4.39. The van der Waals surface area contributed by atoms with Crippen molar-refractivity contribution in [3.05, 3.63) is 81.6 Å². The van der Waals surface area contributed by atoms with Gasteiger partial charge in [-0.1, -0.05) is 34.1 Å². The number of anilines is 1. The number of carbonyl (C=O) groups excluding carboxylic acids is 1. The second-order valence-corrected chi connectivity index (χ2v) is 7.31. The molecule has 3 rings (SSSR count). The van der Waals surface area contributed by atoms with Crippen LogP contribution in [0.4, 0.5) is 5.69 Å². The Morgan fingerprint density at radius 2 is 1.79 bits per heavy atom. The van der Waals surface area contributed by atoms with E-state index in [1.165, 1.54) is 0 Å². The van der Waals surface area contributed by atoms with Crippen LogP contribution in [0.2, 0.25) is 0 Å². The number of hydrogen-bond donors (Lipinski definition) is 2. The maximum atomic E-state index is 12.6. The van der Waals surface area contributed by atoms with E-state index < -0.39 is 0 Å². The molecule has 144 valence electrons. The summed E-state index contributed by atoms with van der Waals surface area (Å²) in [5.74, 6) is 0.169. The van der Waals surface area contributed by atoms with Crippen LogP contribution in [0.15, 0.2) is 64.1 Å². The van der Waals surface area contributed by atoms with Crippen LogP contribution in [-0.4, -0.2) is 21.6 Å².